The highest BCUT2D eigenvalue weighted by Gasteiger charge is 2.20. The molecule has 0 fully saturated rings. The predicted molar refractivity (Wildman–Crippen MR) is 60.9 cm³/mol. The van der Waals surface area contributed by atoms with Gasteiger partial charge in [-0.05, 0) is 20.8 Å². The zero-order valence-corrected chi connectivity index (χ0v) is 10.8. The van der Waals surface area contributed by atoms with Crippen LogP contribution in [0.25, 0.3) is 0 Å². The molecule has 0 saturated carbocycles. The molecule has 0 aromatic carbocycles. The van der Waals surface area contributed by atoms with Gasteiger partial charge >= 0.3 is 5.97 Å². The van der Waals surface area contributed by atoms with E-state index in [1.165, 1.54) is 14.2 Å². The Balaban J connectivity index is 3.95. The second-order valence-corrected chi connectivity index (χ2v) is 4.69. The smallest absolute Gasteiger partial charge is 0.307 e. The first-order valence-electron chi connectivity index (χ1n) is 5.31. The molecule has 16 heavy (non-hydrogen) atoms. The molecule has 0 unspecified atom stereocenters. The van der Waals surface area contributed by atoms with Gasteiger partial charge < -0.3 is 19.9 Å². The Hall–Kier alpha value is -0.650. The second-order valence-electron chi connectivity index (χ2n) is 4.69. The van der Waals surface area contributed by atoms with Gasteiger partial charge in [0.25, 0.3) is 0 Å². The average molecular weight is 233 g/mol. The molecule has 0 spiro atoms. The van der Waals surface area contributed by atoms with Crippen molar-refractivity contribution in [3.05, 3.63) is 0 Å². The highest BCUT2D eigenvalue weighted by atomic mass is 16.7. The van der Waals surface area contributed by atoms with E-state index in [-0.39, 0.29) is 24.7 Å². The normalized spacial score (nSPS) is 13.9. The molecule has 0 saturated heterocycles. The highest BCUT2D eigenvalue weighted by Crippen LogP contribution is 2.11. The molecule has 0 aliphatic rings. The molecular formula is C11H23NO4. The molecule has 0 aliphatic carbocycles. The van der Waals surface area contributed by atoms with E-state index in [2.05, 4.69) is 0 Å². The Morgan fingerprint density at radius 2 is 1.75 bits per heavy atom. The van der Waals surface area contributed by atoms with Crippen molar-refractivity contribution in [1.29, 1.82) is 0 Å². The van der Waals surface area contributed by atoms with Gasteiger partial charge in [-0.3, -0.25) is 4.79 Å². The van der Waals surface area contributed by atoms with E-state index in [4.69, 9.17) is 19.9 Å². The third-order valence-corrected chi connectivity index (χ3v) is 1.87. The van der Waals surface area contributed by atoms with Crippen LogP contribution in [0, 0.1) is 0 Å². The fraction of sp³-hybridized carbons (Fsp3) is 0.909. The van der Waals surface area contributed by atoms with Crippen LogP contribution < -0.4 is 5.73 Å². The molecule has 0 aromatic rings. The molecular weight excluding hydrogens is 210 g/mol. The lowest BCUT2D eigenvalue weighted by molar-refractivity contribution is -0.156. The third kappa shape index (κ3) is 7.62. The third-order valence-electron chi connectivity index (χ3n) is 1.87. The Labute approximate surface area is 97.2 Å². The molecule has 0 heterocycles. The number of hydrogen-bond acceptors (Lipinski definition) is 5. The van der Waals surface area contributed by atoms with Gasteiger partial charge in [0.2, 0.25) is 0 Å². The van der Waals surface area contributed by atoms with Gasteiger partial charge in [0.1, 0.15) is 5.60 Å². The zero-order chi connectivity index (χ0) is 12.8. The lowest BCUT2D eigenvalue weighted by atomic mass is 10.1. The molecule has 0 amide bonds. The monoisotopic (exact) mass is 233 g/mol. The molecule has 5 heteroatoms. The van der Waals surface area contributed by atoms with Gasteiger partial charge in [-0.25, -0.2) is 0 Å². The summed E-state index contributed by atoms with van der Waals surface area (Å²) in [6, 6.07) is -0.320. The van der Waals surface area contributed by atoms with Crippen LogP contribution in [0.3, 0.4) is 0 Å². The summed E-state index contributed by atoms with van der Waals surface area (Å²) < 4.78 is 15.2. The molecule has 0 bridgehead atoms. The van der Waals surface area contributed by atoms with E-state index < -0.39 is 5.60 Å². The minimum absolute atomic E-state index is 0.167. The molecule has 0 aliphatic heterocycles. The summed E-state index contributed by atoms with van der Waals surface area (Å²) >= 11 is 0. The summed E-state index contributed by atoms with van der Waals surface area (Å²) in [5, 5.41) is 0. The number of rotatable bonds is 6. The Morgan fingerprint density at radius 3 is 2.12 bits per heavy atom. The molecule has 5 nitrogen and oxygen atoms in total. The summed E-state index contributed by atoms with van der Waals surface area (Å²) in [5.41, 5.74) is 5.31. The van der Waals surface area contributed by atoms with Crippen LogP contribution in [0.5, 0.6) is 0 Å². The van der Waals surface area contributed by atoms with Gasteiger partial charge in [-0.2, -0.15) is 0 Å². The van der Waals surface area contributed by atoms with Crippen LogP contribution in [0.1, 0.15) is 33.6 Å². The largest absolute Gasteiger partial charge is 0.460 e. The number of carbonyl (C=O) groups is 1. The van der Waals surface area contributed by atoms with Crippen molar-refractivity contribution in [3.63, 3.8) is 0 Å². The quantitative estimate of drug-likeness (QED) is 0.548. The highest BCUT2D eigenvalue weighted by molar-refractivity contribution is 5.70. The van der Waals surface area contributed by atoms with E-state index >= 15 is 0 Å². The predicted octanol–water partition coefficient (Wildman–Crippen LogP) is 1.05. The topological polar surface area (TPSA) is 70.8 Å². The summed E-state index contributed by atoms with van der Waals surface area (Å²) in [7, 11) is 3.07. The Kier molecular flexibility index (Phi) is 6.55. The van der Waals surface area contributed by atoms with E-state index in [0.29, 0.717) is 6.42 Å². The van der Waals surface area contributed by atoms with Crippen molar-refractivity contribution in [3.8, 4) is 0 Å². The number of hydrogen-bond donors (Lipinski definition) is 1. The Morgan fingerprint density at radius 1 is 1.25 bits per heavy atom. The van der Waals surface area contributed by atoms with E-state index in [1.807, 2.05) is 20.8 Å². The first kappa shape index (κ1) is 15.3. The maximum atomic E-state index is 11.4. The number of carbonyl (C=O) groups excluding carboxylic acids is 1. The van der Waals surface area contributed by atoms with Crippen molar-refractivity contribution < 1.29 is 19.0 Å². The summed E-state index contributed by atoms with van der Waals surface area (Å²) in [6.07, 6.45) is 0.254. The number of nitrogens with two attached hydrogens (primary N) is 1. The fourth-order valence-electron chi connectivity index (χ4n) is 1.22. The minimum Gasteiger partial charge on any atom is -0.460 e. The number of ether oxygens (including phenoxy) is 3. The van der Waals surface area contributed by atoms with E-state index in [0.717, 1.165) is 0 Å². The van der Waals surface area contributed by atoms with Crippen LogP contribution in [0.15, 0.2) is 0 Å². The van der Waals surface area contributed by atoms with Crippen molar-refractivity contribution in [1.82, 2.24) is 0 Å². The fourth-order valence-corrected chi connectivity index (χ4v) is 1.22. The van der Waals surface area contributed by atoms with E-state index in [9.17, 15) is 4.79 Å². The van der Waals surface area contributed by atoms with Crippen LogP contribution in [0.2, 0.25) is 0 Å². The zero-order valence-electron chi connectivity index (χ0n) is 10.8. The Bertz CT molecular complexity index is 209. The standard InChI is InChI=1S/C11H23NO4/c1-11(2,3)16-9(13)6-8(12)7-10(14-4)15-5/h8,10H,6-7,12H2,1-5H3/t8-/m0/s1. The molecule has 0 rings (SSSR count). The maximum absolute atomic E-state index is 11.4. The summed E-state index contributed by atoms with van der Waals surface area (Å²) in [6.45, 7) is 5.47. The van der Waals surface area contributed by atoms with Crippen molar-refractivity contribution in [2.75, 3.05) is 14.2 Å². The number of esters is 1. The molecule has 0 radical (unpaired) electrons. The lowest BCUT2D eigenvalue weighted by Gasteiger charge is -2.22. The average Bonchev–Trinajstić information content (AvgIpc) is 2.10. The lowest BCUT2D eigenvalue weighted by Crippen LogP contribution is -2.33. The van der Waals surface area contributed by atoms with Crippen molar-refractivity contribution in [2.45, 2.75) is 51.5 Å². The molecule has 96 valence electrons. The van der Waals surface area contributed by atoms with Gasteiger partial charge in [0.15, 0.2) is 6.29 Å². The molecule has 2 N–H and O–H groups in total. The van der Waals surface area contributed by atoms with Crippen molar-refractivity contribution >= 4 is 5.97 Å². The van der Waals surface area contributed by atoms with Crippen LogP contribution in [-0.4, -0.2) is 38.1 Å². The van der Waals surface area contributed by atoms with Crippen molar-refractivity contribution in [2.24, 2.45) is 5.73 Å². The van der Waals surface area contributed by atoms with Crippen LogP contribution >= 0.6 is 0 Å². The van der Waals surface area contributed by atoms with Gasteiger partial charge in [0, 0.05) is 26.7 Å². The first-order valence-corrected chi connectivity index (χ1v) is 5.31. The molecule has 1 atom stereocenters. The number of methoxy groups -OCH3 is 2. The first-order chi connectivity index (χ1) is 7.28. The van der Waals surface area contributed by atoms with E-state index in [1.54, 1.807) is 0 Å². The SMILES string of the molecule is COC(C[C@@H](N)CC(=O)OC(C)(C)C)OC. The summed E-state index contributed by atoms with van der Waals surface area (Å²) in [4.78, 5) is 11.4. The van der Waals surface area contributed by atoms with Gasteiger partial charge in [-0.15, -0.1) is 0 Å². The van der Waals surface area contributed by atoms with Gasteiger partial charge in [0.05, 0.1) is 6.42 Å². The maximum Gasteiger partial charge on any atom is 0.307 e. The molecule has 0 aromatic heterocycles. The summed E-state index contributed by atoms with van der Waals surface area (Å²) in [5.74, 6) is -0.300. The second kappa shape index (κ2) is 6.83. The minimum atomic E-state index is -0.473. The van der Waals surface area contributed by atoms with Crippen LogP contribution in [0.4, 0.5) is 0 Å². The van der Waals surface area contributed by atoms with Crippen LogP contribution in [-0.2, 0) is 19.0 Å². The van der Waals surface area contributed by atoms with Gasteiger partial charge in [-0.1, -0.05) is 0 Å².